The Bertz CT molecular complexity index is 405. The van der Waals surface area contributed by atoms with Crippen LogP contribution in [0.3, 0.4) is 0 Å². The maximum absolute atomic E-state index is 10.2. The van der Waals surface area contributed by atoms with Crippen molar-refractivity contribution in [2.45, 2.75) is 45.1 Å². The van der Waals surface area contributed by atoms with Gasteiger partial charge in [-0.25, -0.2) is 0 Å². The van der Waals surface area contributed by atoms with Crippen LogP contribution < -0.4 is 5.73 Å². The zero-order valence-corrected chi connectivity index (χ0v) is 13.1. The first-order chi connectivity index (χ1) is 8.11. The van der Waals surface area contributed by atoms with E-state index in [2.05, 4.69) is 15.9 Å². The van der Waals surface area contributed by atoms with Crippen molar-refractivity contribution in [2.75, 3.05) is 0 Å². The van der Waals surface area contributed by atoms with Crippen molar-refractivity contribution >= 4 is 28.3 Å². The number of halogens is 2. The number of hydrogen-bond acceptors (Lipinski definition) is 2. The number of nitrogens with two attached hydrogens (primary N) is 1. The van der Waals surface area contributed by atoms with Crippen molar-refractivity contribution in [1.82, 2.24) is 0 Å². The maximum Gasteiger partial charge on any atom is 0.124 e. The molecule has 18 heavy (non-hydrogen) atoms. The monoisotopic (exact) mass is 333 g/mol. The highest BCUT2D eigenvalue weighted by Crippen LogP contribution is 2.40. The van der Waals surface area contributed by atoms with E-state index in [1.54, 1.807) is 0 Å². The average molecular weight is 335 g/mol. The molecule has 4 heteroatoms. The van der Waals surface area contributed by atoms with E-state index in [-0.39, 0.29) is 18.4 Å². The third-order valence-electron chi connectivity index (χ3n) is 3.86. The molecule has 0 spiro atoms. The molecular weight excluding hydrogens is 314 g/mol. The van der Waals surface area contributed by atoms with Gasteiger partial charge in [0.15, 0.2) is 0 Å². The Morgan fingerprint density at radius 2 is 1.89 bits per heavy atom. The summed E-state index contributed by atoms with van der Waals surface area (Å²) >= 11 is 3.51. The lowest BCUT2D eigenvalue weighted by molar-refractivity contribution is 0.302. The highest BCUT2D eigenvalue weighted by Gasteiger charge is 2.26. The molecule has 0 bridgehead atoms. The molecule has 1 saturated carbocycles. The predicted octanol–water partition coefficient (Wildman–Crippen LogP) is 4.47. The molecule has 0 aromatic heterocycles. The zero-order chi connectivity index (χ0) is 12.4. The summed E-state index contributed by atoms with van der Waals surface area (Å²) in [6, 6.07) is 3.84. The van der Waals surface area contributed by atoms with Gasteiger partial charge in [0.05, 0.1) is 0 Å². The van der Waals surface area contributed by atoms with Crippen LogP contribution in [0.5, 0.6) is 5.75 Å². The summed E-state index contributed by atoms with van der Waals surface area (Å²) in [5.41, 5.74) is 8.13. The Hall–Kier alpha value is -0.250. The Kier molecular flexibility index (Phi) is 5.96. The third kappa shape index (κ3) is 3.19. The van der Waals surface area contributed by atoms with Gasteiger partial charge in [-0.1, -0.05) is 41.3 Å². The molecule has 2 nitrogen and oxygen atoms in total. The van der Waals surface area contributed by atoms with Crippen molar-refractivity contribution in [1.29, 1.82) is 0 Å². The van der Waals surface area contributed by atoms with E-state index in [1.807, 2.05) is 19.1 Å². The van der Waals surface area contributed by atoms with Gasteiger partial charge in [0, 0.05) is 16.1 Å². The molecule has 102 valence electrons. The van der Waals surface area contributed by atoms with Crippen LogP contribution in [-0.4, -0.2) is 5.11 Å². The number of aryl methyl sites for hydroxylation is 1. The van der Waals surface area contributed by atoms with E-state index >= 15 is 0 Å². The van der Waals surface area contributed by atoms with Gasteiger partial charge in [-0.2, -0.15) is 0 Å². The second kappa shape index (κ2) is 6.78. The lowest BCUT2D eigenvalue weighted by Gasteiger charge is -2.29. The van der Waals surface area contributed by atoms with E-state index in [1.165, 1.54) is 32.1 Å². The molecule has 1 aromatic rings. The number of phenolic OH excluding ortho intramolecular Hbond substituents is 1. The fraction of sp³-hybridized carbons (Fsp3) is 0.571. The van der Waals surface area contributed by atoms with Gasteiger partial charge in [-0.05, 0) is 37.3 Å². The molecule has 1 aliphatic carbocycles. The normalized spacial score (nSPS) is 18.2. The van der Waals surface area contributed by atoms with Gasteiger partial charge < -0.3 is 10.8 Å². The van der Waals surface area contributed by atoms with Crippen molar-refractivity contribution in [2.24, 2.45) is 11.7 Å². The Morgan fingerprint density at radius 1 is 1.28 bits per heavy atom. The molecule has 2 rings (SSSR count). The summed E-state index contributed by atoms with van der Waals surface area (Å²) in [5.74, 6) is 0.866. The van der Waals surface area contributed by atoms with Crippen LogP contribution in [0.15, 0.2) is 16.6 Å². The number of phenols is 1. The van der Waals surface area contributed by atoms with E-state index in [0.717, 1.165) is 15.6 Å². The van der Waals surface area contributed by atoms with Gasteiger partial charge in [0.2, 0.25) is 0 Å². The fourth-order valence-electron chi connectivity index (χ4n) is 2.74. The molecule has 0 aliphatic heterocycles. The van der Waals surface area contributed by atoms with Crippen LogP contribution in [0.25, 0.3) is 0 Å². The van der Waals surface area contributed by atoms with Crippen molar-refractivity contribution in [3.63, 3.8) is 0 Å². The summed E-state index contributed by atoms with van der Waals surface area (Å²) in [6.45, 7) is 1.92. The SMILES string of the molecule is Cc1ccc(Br)c([C@@H](N)C2CCCCC2)c1O.Cl. The van der Waals surface area contributed by atoms with Crippen LogP contribution in [0.2, 0.25) is 0 Å². The van der Waals surface area contributed by atoms with Crippen LogP contribution in [0.4, 0.5) is 0 Å². The summed E-state index contributed by atoms with van der Waals surface area (Å²) in [6.07, 6.45) is 6.22. The summed E-state index contributed by atoms with van der Waals surface area (Å²) in [4.78, 5) is 0. The van der Waals surface area contributed by atoms with Crippen LogP contribution in [0, 0.1) is 12.8 Å². The molecule has 1 aromatic carbocycles. The summed E-state index contributed by atoms with van der Waals surface area (Å²) in [5, 5.41) is 10.2. The van der Waals surface area contributed by atoms with Crippen LogP contribution in [0.1, 0.15) is 49.3 Å². The number of benzene rings is 1. The molecule has 1 atom stereocenters. The molecule has 0 heterocycles. The van der Waals surface area contributed by atoms with Crippen LogP contribution >= 0.6 is 28.3 Å². The van der Waals surface area contributed by atoms with Crippen molar-refractivity contribution in [3.05, 3.63) is 27.7 Å². The number of rotatable bonds is 2. The number of hydrogen-bond donors (Lipinski definition) is 2. The smallest absolute Gasteiger partial charge is 0.124 e. The van der Waals surface area contributed by atoms with Crippen molar-refractivity contribution < 1.29 is 5.11 Å². The van der Waals surface area contributed by atoms with Gasteiger partial charge in [-0.15, -0.1) is 12.4 Å². The molecule has 0 amide bonds. The second-order valence-electron chi connectivity index (χ2n) is 5.05. The minimum Gasteiger partial charge on any atom is -0.507 e. The van der Waals surface area contributed by atoms with Crippen LogP contribution in [-0.2, 0) is 0 Å². The molecule has 0 radical (unpaired) electrons. The fourth-order valence-corrected chi connectivity index (χ4v) is 3.32. The van der Waals surface area contributed by atoms with Gasteiger partial charge in [-0.3, -0.25) is 0 Å². The third-order valence-corrected chi connectivity index (χ3v) is 4.55. The second-order valence-corrected chi connectivity index (χ2v) is 5.90. The summed E-state index contributed by atoms with van der Waals surface area (Å²) in [7, 11) is 0. The molecular formula is C14H21BrClNO. The highest BCUT2D eigenvalue weighted by molar-refractivity contribution is 9.10. The lowest BCUT2D eigenvalue weighted by atomic mass is 9.81. The Balaban J connectivity index is 0.00000162. The number of aromatic hydroxyl groups is 1. The Morgan fingerprint density at radius 3 is 2.50 bits per heavy atom. The first-order valence-electron chi connectivity index (χ1n) is 6.35. The molecule has 0 saturated heterocycles. The topological polar surface area (TPSA) is 46.2 Å². The maximum atomic E-state index is 10.2. The van der Waals surface area contributed by atoms with E-state index in [9.17, 15) is 5.11 Å². The van der Waals surface area contributed by atoms with Gasteiger partial charge >= 0.3 is 0 Å². The van der Waals surface area contributed by atoms with Gasteiger partial charge in [0.1, 0.15) is 5.75 Å². The zero-order valence-electron chi connectivity index (χ0n) is 10.7. The molecule has 0 unspecified atom stereocenters. The van der Waals surface area contributed by atoms with Crippen molar-refractivity contribution in [3.8, 4) is 5.75 Å². The first-order valence-corrected chi connectivity index (χ1v) is 7.14. The minimum absolute atomic E-state index is 0. The first kappa shape index (κ1) is 15.8. The highest BCUT2D eigenvalue weighted by atomic mass is 79.9. The molecule has 1 aliphatic rings. The largest absolute Gasteiger partial charge is 0.507 e. The van der Waals surface area contributed by atoms with E-state index < -0.39 is 0 Å². The average Bonchev–Trinajstić information content (AvgIpc) is 2.35. The predicted molar refractivity (Wildman–Crippen MR) is 81.3 cm³/mol. The van der Waals surface area contributed by atoms with E-state index in [0.29, 0.717) is 11.7 Å². The van der Waals surface area contributed by atoms with E-state index in [4.69, 9.17) is 5.73 Å². The quantitative estimate of drug-likeness (QED) is 0.838. The molecule has 1 fully saturated rings. The standard InChI is InChI=1S/C14H20BrNO.ClH/c1-9-7-8-11(15)12(14(9)17)13(16)10-5-3-2-4-6-10;/h7-8,10,13,17H,2-6,16H2,1H3;1H/t13-;/m0./s1. The Labute approximate surface area is 123 Å². The summed E-state index contributed by atoms with van der Waals surface area (Å²) < 4.78 is 0.929. The van der Waals surface area contributed by atoms with Gasteiger partial charge in [0.25, 0.3) is 0 Å². The minimum atomic E-state index is -0.0513. The lowest BCUT2D eigenvalue weighted by Crippen LogP contribution is -2.24. The molecule has 3 N–H and O–H groups in total.